The number of hydrogen-bond donors (Lipinski definition) is 2. The Morgan fingerprint density at radius 1 is 1.27 bits per heavy atom. The molecule has 3 heterocycles. The Bertz CT molecular complexity index is 1430. The summed E-state index contributed by atoms with van der Waals surface area (Å²) < 4.78 is 1.75. The van der Waals surface area contributed by atoms with E-state index in [1.165, 1.54) is 0 Å². The normalized spacial score (nSPS) is 17.0. The van der Waals surface area contributed by atoms with Gasteiger partial charge in [0.05, 0.1) is 18.0 Å². The number of nitriles is 1. The third kappa shape index (κ3) is 3.89. The lowest BCUT2D eigenvalue weighted by Crippen LogP contribution is -2.15. The van der Waals surface area contributed by atoms with Gasteiger partial charge in [-0.3, -0.25) is 14.5 Å². The maximum atomic E-state index is 12.5. The van der Waals surface area contributed by atoms with Crippen LogP contribution in [0.1, 0.15) is 18.4 Å². The fraction of sp³-hybridized carbons (Fsp3) is 0.240. The molecule has 2 atom stereocenters. The maximum absolute atomic E-state index is 12.5. The number of anilines is 2. The molecule has 8 nitrogen and oxygen atoms in total. The first-order chi connectivity index (χ1) is 15.9. The van der Waals surface area contributed by atoms with E-state index in [1.54, 1.807) is 23.3 Å². The van der Waals surface area contributed by atoms with E-state index in [2.05, 4.69) is 26.5 Å². The molecule has 8 heteroatoms. The number of aryl methyl sites for hydroxylation is 2. The van der Waals surface area contributed by atoms with Gasteiger partial charge in [0.2, 0.25) is 5.91 Å². The third-order valence-corrected chi connectivity index (χ3v) is 6.16. The monoisotopic (exact) mass is 437 g/mol. The van der Waals surface area contributed by atoms with Gasteiger partial charge in [0, 0.05) is 60.2 Å². The molecular weight excluding hydrogens is 414 g/mol. The minimum atomic E-state index is -0.112. The van der Waals surface area contributed by atoms with Crippen molar-refractivity contribution in [1.29, 1.82) is 5.26 Å². The molecule has 1 aliphatic carbocycles. The average molecular weight is 438 g/mol. The quantitative estimate of drug-likeness (QED) is 0.454. The van der Waals surface area contributed by atoms with Gasteiger partial charge in [0.25, 0.3) is 0 Å². The molecule has 0 spiro atoms. The molecule has 0 radical (unpaired) electrons. The molecule has 164 valence electrons. The number of nitrogens with two attached hydrogens (primary N) is 1. The predicted molar refractivity (Wildman–Crippen MR) is 127 cm³/mol. The summed E-state index contributed by atoms with van der Waals surface area (Å²) in [5.74, 6) is 0.422. The predicted octanol–water partition coefficient (Wildman–Crippen LogP) is 4.08. The summed E-state index contributed by atoms with van der Waals surface area (Å²) in [6.45, 7) is 2.04. The number of carbonyl (C=O) groups is 1. The van der Waals surface area contributed by atoms with Crippen molar-refractivity contribution in [3.63, 3.8) is 0 Å². The van der Waals surface area contributed by atoms with Crippen LogP contribution < -0.4 is 11.1 Å². The topological polar surface area (TPSA) is 123 Å². The first-order valence-electron chi connectivity index (χ1n) is 10.8. The van der Waals surface area contributed by atoms with Crippen molar-refractivity contribution in [2.45, 2.75) is 19.8 Å². The van der Waals surface area contributed by atoms with Gasteiger partial charge in [-0.2, -0.15) is 10.4 Å². The van der Waals surface area contributed by atoms with Crippen molar-refractivity contribution in [1.82, 2.24) is 19.7 Å². The largest absolute Gasteiger partial charge is 0.398 e. The van der Waals surface area contributed by atoms with Crippen molar-refractivity contribution in [3.05, 3.63) is 54.6 Å². The van der Waals surface area contributed by atoms with Crippen molar-refractivity contribution in [2.24, 2.45) is 18.9 Å². The molecule has 4 aromatic rings. The average Bonchev–Trinajstić information content (AvgIpc) is 3.43. The number of nitrogens with zero attached hydrogens (tertiary/aromatic N) is 5. The van der Waals surface area contributed by atoms with E-state index in [1.807, 2.05) is 44.4 Å². The maximum Gasteiger partial charge on any atom is 0.228 e. The Morgan fingerprint density at radius 3 is 2.88 bits per heavy atom. The summed E-state index contributed by atoms with van der Waals surface area (Å²) in [5.41, 5.74) is 11.8. The Morgan fingerprint density at radius 2 is 2.12 bits per heavy atom. The SMILES string of the molecule is Cc1ccnc(-c2cnn(C)c2)c1-c1cc(N)c2cnc(NC(=O)[C@H]3C[C@@H]3CC#N)cc2c1. The second-order valence-corrected chi connectivity index (χ2v) is 8.56. The van der Waals surface area contributed by atoms with Crippen molar-refractivity contribution < 1.29 is 4.79 Å². The van der Waals surface area contributed by atoms with Crippen LogP contribution in [0.4, 0.5) is 11.5 Å². The van der Waals surface area contributed by atoms with Crippen molar-refractivity contribution in [2.75, 3.05) is 11.1 Å². The second-order valence-electron chi connectivity index (χ2n) is 8.56. The molecule has 0 unspecified atom stereocenters. The van der Waals surface area contributed by atoms with Crippen LogP contribution in [0.3, 0.4) is 0 Å². The first-order valence-corrected chi connectivity index (χ1v) is 10.8. The van der Waals surface area contributed by atoms with E-state index < -0.39 is 0 Å². The molecule has 3 aromatic heterocycles. The number of pyridine rings is 2. The van der Waals surface area contributed by atoms with Gasteiger partial charge < -0.3 is 11.1 Å². The highest BCUT2D eigenvalue weighted by Crippen LogP contribution is 2.42. The molecule has 1 amide bonds. The Hall–Kier alpha value is -4.25. The van der Waals surface area contributed by atoms with E-state index in [0.717, 1.165) is 45.1 Å². The summed E-state index contributed by atoms with van der Waals surface area (Å²) in [6.07, 6.45) is 8.37. The number of nitrogens with one attached hydrogen (secondary N) is 1. The molecule has 1 fully saturated rings. The van der Waals surface area contributed by atoms with E-state index in [4.69, 9.17) is 11.0 Å². The van der Waals surface area contributed by atoms with Crippen molar-refractivity contribution >= 4 is 28.2 Å². The van der Waals surface area contributed by atoms with Crippen LogP contribution in [0.2, 0.25) is 0 Å². The molecule has 1 aliphatic rings. The van der Waals surface area contributed by atoms with Crippen LogP contribution in [-0.4, -0.2) is 25.7 Å². The van der Waals surface area contributed by atoms with E-state index in [0.29, 0.717) is 17.9 Å². The number of benzene rings is 1. The van der Waals surface area contributed by atoms with Crippen molar-refractivity contribution in [3.8, 4) is 28.5 Å². The van der Waals surface area contributed by atoms with Crippen LogP contribution in [0.15, 0.2) is 49.1 Å². The summed E-state index contributed by atoms with van der Waals surface area (Å²) >= 11 is 0. The molecule has 3 N–H and O–H groups in total. The summed E-state index contributed by atoms with van der Waals surface area (Å²) in [6, 6.07) is 9.92. The van der Waals surface area contributed by atoms with Gasteiger partial charge in [-0.15, -0.1) is 0 Å². The van der Waals surface area contributed by atoms with E-state index in [9.17, 15) is 4.79 Å². The number of fused-ring (bicyclic) bond motifs is 1. The number of aromatic nitrogens is 4. The van der Waals surface area contributed by atoms with Gasteiger partial charge in [-0.25, -0.2) is 4.98 Å². The number of amides is 1. The van der Waals surface area contributed by atoms with Crippen LogP contribution in [-0.2, 0) is 11.8 Å². The van der Waals surface area contributed by atoms with Gasteiger partial charge in [0.15, 0.2) is 0 Å². The highest BCUT2D eigenvalue weighted by atomic mass is 16.2. The highest BCUT2D eigenvalue weighted by Gasteiger charge is 2.42. The van der Waals surface area contributed by atoms with Crippen LogP contribution >= 0.6 is 0 Å². The highest BCUT2D eigenvalue weighted by molar-refractivity contribution is 6.01. The van der Waals surface area contributed by atoms with Crippen LogP contribution in [0, 0.1) is 30.1 Å². The van der Waals surface area contributed by atoms with Gasteiger partial charge in [-0.1, -0.05) is 0 Å². The summed E-state index contributed by atoms with van der Waals surface area (Å²) in [4.78, 5) is 21.5. The van der Waals surface area contributed by atoms with Gasteiger partial charge in [0.1, 0.15) is 5.82 Å². The van der Waals surface area contributed by atoms with Crippen LogP contribution in [0.5, 0.6) is 0 Å². The molecule has 0 aliphatic heterocycles. The minimum absolute atomic E-state index is 0.0896. The molecular formula is C25H23N7O. The molecule has 5 rings (SSSR count). The Kier molecular flexibility index (Phi) is 5.02. The second kappa shape index (κ2) is 8.02. The zero-order chi connectivity index (χ0) is 23.1. The van der Waals surface area contributed by atoms with Gasteiger partial charge in [-0.05, 0) is 60.0 Å². The smallest absolute Gasteiger partial charge is 0.228 e. The molecule has 1 aromatic carbocycles. The molecule has 0 saturated heterocycles. The minimum Gasteiger partial charge on any atom is -0.398 e. The molecule has 0 bridgehead atoms. The standard InChI is InChI=1S/C25H23N7O/c1-14-4-6-28-24(18-11-30-32(2)13-18)23(14)17-7-16-10-22(29-12-20(16)21(27)9-17)31-25(33)19-8-15(19)3-5-26/h4,6-7,9-13,15,19H,3,8,27H2,1-2H3,(H,29,31,33)/t15-,19-/m0/s1. The lowest BCUT2D eigenvalue weighted by molar-refractivity contribution is -0.117. The Labute approximate surface area is 191 Å². The number of rotatable bonds is 5. The number of hydrogen-bond acceptors (Lipinski definition) is 6. The van der Waals surface area contributed by atoms with Crippen LogP contribution in [0.25, 0.3) is 33.2 Å². The fourth-order valence-corrected chi connectivity index (χ4v) is 4.31. The lowest BCUT2D eigenvalue weighted by atomic mass is 9.94. The van der Waals surface area contributed by atoms with E-state index in [-0.39, 0.29) is 17.7 Å². The first kappa shape index (κ1) is 20.6. The van der Waals surface area contributed by atoms with Gasteiger partial charge >= 0.3 is 0 Å². The zero-order valence-electron chi connectivity index (χ0n) is 18.4. The zero-order valence-corrected chi connectivity index (χ0v) is 18.4. The third-order valence-electron chi connectivity index (χ3n) is 6.16. The lowest BCUT2D eigenvalue weighted by Gasteiger charge is -2.14. The molecule has 33 heavy (non-hydrogen) atoms. The Balaban J connectivity index is 1.53. The fourth-order valence-electron chi connectivity index (χ4n) is 4.31. The van der Waals surface area contributed by atoms with E-state index >= 15 is 0 Å². The molecule has 1 saturated carbocycles. The summed E-state index contributed by atoms with van der Waals surface area (Å²) in [7, 11) is 1.87. The summed E-state index contributed by atoms with van der Waals surface area (Å²) in [5, 5.41) is 17.7. The number of carbonyl (C=O) groups excluding carboxylic acids is 1. The number of nitrogen functional groups attached to an aromatic ring is 1.